The Morgan fingerprint density at radius 3 is 2.25 bits per heavy atom. The molecule has 1 N–H and O–H groups in total. The second-order valence-electron chi connectivity index (χ2n) is 5.01. The summed E-state index contributed by atoms with van der Waals surface area (Å²) in [6.07, 6.45) is 1.85. The monoisotopic (exact) mass is 364 g/mol. The average Bonchev–Trinajstić information content (AvgIpc) is 2.57. The highest BCUT2D eigenvalue weighted by molar-refractivity contribution is 7.99. The topological polar surface area (TPSA) is 66.5 Å². The summed E-state index contributed by atoms with van der Waals surface area (Å²) in [7, 11) is -3.64. The molecular weight excluding hydrogens is 344 g/mol. The SMILES string of the molecule is CCN(c1ccccc1)S(=O)(=O)c1ccc(NC(=O)CSC)cc1. The molecule has 0 aliphatic heterocycles. The number of benzene rings is 2. The average molecular weight is 364 g/mol. The summed E-state index contributed by atoms with van der Waals surface area (Å²) in [5, 5.41) is 2.73. The van der Waals surface area contributed by atoms with Crippen molar-refractivity contribution in [3.63, 3.8) is 0 Å². The predicted molar refractivity (Wildman–Crippen MR) is 100 cm³/mol. The van der Waals surface area contributed by atoms with Crippen molar-refractivity contribution < 1.29 is 13.2 Å². The van der Waals surface area contributed by atoms with Gasteiger partial charge in [0.1, 0.15) is 0 Å². The molecule has 0 saturated carbocycles. The molecule has 0 saturated heterocycles. The van der Waals surface area contributed by atoms with Crippen LogP contribution in [0.2, 0.25) is 0 Å². The van der Waals surface area contributed by atoms with Crippen molar-refractivity contribution in [2.24, 2.45) is 0 Å². The Balaban J connectivity index is 2.24. The third kappa shape index (κ3) is 4.30. The van der Waals surface area contributed by atoms with E-state index in [1.165, 1.54) is 28.2 Å². The molecule has 0 atom stereocenters. The van der Waals surface area contributed by atoms with Gasteiger partial charge in [-0.1, -0.05) is 18.2 Å². The fraction of sp³-hybridized carbons (Fsp3) is 0.235. The van der Waals surface area contributed by atoms with Gasteiger partial charge in [-0.2, -0.15) is 11.8 Å². The molecular formula is C17H20N2O3S2. The van der Waals surface area contributed by atoms with Crippen LogP contribution in [0.4, 0.5) is 11.4 Å². The fourth-order valence-electron chi connectivity index (χ4n) is 2.25. The van der Waals surface area contributed by atoms with E-state index >= 15 is 0 Å². The van der Waals surface area contributed by atoms with Crippen LogP contribution in [0.25, 0.3) is 0 Å². The van der Waals surface area contributed by atoms with Gasteiger partial charge in [-0.05, 0) is 49.6 Å². The number of hydrogen-bond acceptors (Lipinski definition) is 4. The molecule has 0 aliphatic rings. The Bertz CT molecular complexity index is 775. The van der Waals surface area contributed by atoms with E-state index in [1.807, 2.05) is 12.3 Å². The van der Waals surface area contributed by atoms with Gasteiger partial charge in [-0.25, -0.2) is 8.42 Å². The molecule has 24 heavy (non-hydrogen) atoms. The first kappa shape index (κ1) is 18.4. The molecule has 0 aromatic heterocycles. The summed E-state index contributed by atoms with van der Waals surface area (Å²) in [5.41, 5.74) is 1.20. The summed E-state index contributed by atoms with van der Waals surface area (Å²) < 4.78 is 27.0. The van der Waals surface area contributed by atoms with Gasteiger partial charge in [0.05, 0.1) is 16.3 Å². The largest absolute Gasteiger partial charge is 0.325 e. The third-order valence-electron chi connectivity index (χ3n) is 3.33. The molecule has 2 aromatic carbocycles. The number of thioether (sulfide) groups is 1. The van der Waals surface area contributed by atoms with Crippen LogP contribution in [-0.2, 0) is 14.8 Å². The third-order valence-corrected chi connectivity index (χ3v) is 5.80. The molecule has 0 unspecified atom stereocenters. The zero-order chi connectivity index (χ0) is 17.6. The van der Waals surface area contributed by atoms with E-state index in [4.69, 9.17) is 0 Å². The van der Waals surface area contributed by atoms with E-state index in [9.17, 15) is 13.2 Å². The van der Waals surface area contributed by atoms with Crippen LogP contribution < -0.4 is 9.62 Å². The number of para-hydroxylation sites is 1. The molecule has 7 heteroatoms. The van der Waals surface area contributed by atoms with Gasteiger partial charge in [-0.3, -0.25) is 9.10 Å². The number of carbonyl (C=O) groups is 1. The number of carbonyl (C=O) groups excluding carboxylic acids is 1. The van der Waals surface area contributed by atoms with E-state index in [0.29, 0.717) is 23.7 Å². The highest BCUT2D eigenvalue weighted by Crippen LogP contribution is 2.24. The fourth-order valence-corrected chi connectivity index (χ4v) is 4.06. The Morgan fingerprint density at radius 2 is 1.71 bits per heavy atom. The van der Waals surface area contributed by atoms with Gasteiger partial charge >= 0.3 is 0 Å². The van der Waals surface area contributed by atoms with E-state index in [-0.39, 0.29) is 10.8 Å². The molecule has 0 radical (unpaired) electrons. The van der Waals surface area contributed by atoms with Crippen LogP contribution in [0.5, 0.6) is 0 Å². The molecule has 5 nitrogen and oxygen atoms in total. The van der Waals surface area contributed by atoms with Crippen LogP contribution in [-0.4, -0.2) is 32.9 Å². The maximum Gasteiger partial charge on any atom is 0.264 e. The molecule has 128 valence electrons. The number of hydrogen-bond donors (Lipinski definition) is 1. The van der Waals surface area contributed by atoms with Crippen molar-refractivity contribution in [3.05, 3.63) is 54.6 Å². The molecule has 1 amide bonds. The molecule has 2 rings (SSSR count). The van der Waals surface area contributed by atoms with Gasteiger partial charge in [0.15, 0.2) is 0 Å². The van der Waals surface area contributed by atoms with E-state index in [2.05, 4.69) is 5.32 Å². The molecule has 2 aromatic rings. The normalized spacial score (nSPS) is 11.1. The second-order valence-corrected chi connectivity index (χ2v) is 7.74. The van der Waals surface area contributed by atoms with Crippen LogP contribution in [0.15, 0.2) is 59.5 Å². The lowest BCUT2D eigenvalue weighted by Gasteiger charge is -2.23. The summed E-state index contributed by atoms with van der Waals surface area (Å²) >= 11 is 1.43. The smallest absolute Gasteiger partial charge is 0.264 e. The van der Waals surface area contributed by atoms with Crippen LogP contribution in [0, 0.1) is 0 Å². The predicted octanol–water partition coefficient (Wildman–Crippen LogP) is 3.20. The van der Waals surface area contributed by atoms with Crippen LogP contribution >= 0.6 is 11.8 Å². The first-order chi connectivity index (χ1) is 11.5. The molecule has 0 spiro atoms. The Kier molecular flexibility index (Phi) is 6.28. The Hall–Kier alpha value is -1.99. The standard InChI is InChI=1S/C17H20N2O3S2/c1-3-19(15-7-5-4-6-8-15)24(21,22)16-11-9-14(10-12-16)18-17(20)13-23-2/h4-12H,3,13H2,1-2H3,(H,18,20). The van der Waals surface area contributed by atoms with E-state index in [1.54, 1.807) is 43.3 Å². The zero-order valence-electron chi connectivity index (χ0n) is 13.6. The number of nitrogens with zero attached hydrogens (tertiary/aromatic N) is 1. The summed E-state index contributed by atoms with van der Waals surface area (Å²) in [6, 6.07) is 15.2. The van der Waals surface area contributed by atoms with Crippen molar-refractivity contribution in [2.45, 2.75) is 11.8 Å². The quantitative estimate of drug-likeness (QED) is 0.819. The van der Waals surface area contributed by atoms with E-state index in [0.717, 1.165) is 0 Å². The van der Waals surface area contributed by atoms with Crippen molar-refractivity contribution in [1.29, 1.82) is 0 Å². The number of nitrogens with one attached hydrogen (secondary N) is 1. The molecule has 0 bridgehead atoms. The highest BCUT2D eigenvalue weighted by atomic mass is 32.2. The summed E-state index contributed by atoms with van der Waals surface area (Å²) in [5.74, 6) is 0.245. The van der Waals surface area contributed by atoms with Crippen molar-refractivity contribution in [2.75, 3.05) is 28.2 Å². The van der Waals surface area contributed by atoms with Gasteiger partial charge in [-0.15, -0.1) is 0 Å². The molecule has 0 aliphatic carbocycles. The second kappa shape index (κ2) is 8.21. The maximum atomic E-state index is 12.8. The molecule has 0 fully saturated rings. The van der Waals surface area contributed by atoms with Crippen molar-refractivity contribution in [3.8, 4) is 0 Å². The number of amides is 1. The minimum atomic E-state index is -3.64. The summed E-state index contributed by atoms with van der Waals surface area (Å²) in [4.78, 5) is 11.8. The number of sulfonamides is 1. The van der Waals surface area contributed by atoms with Gasteiger partial charge in [0.25, 0.3) is 10.0 Å². The van der Waals surface area contributed by atoms with Gasteiger partial charge < -0.3 is 5.32 Å². The first-order valence-electron chi connectivity index (χ1n) is 7.45. The van der Waals surface area contributed by atoms with Gasteiger partial charge in [0, 0.05) is 12.2 Å². The highest BCUT2D eigenvalue weighted by Gasteiger charge is 2.23. The van der Waals surface area contributed by atoms with Crippen LogP contribution in [0.3, 0.4) is 0 Å². The Morgan fingerprint density at radius 1 is 1.08 bits per heavy atom. The summed E-state index contributed by atoms with van der Waals surface area (Å²) in [6.45, 7) is 2.13. The Labute approximate surface area is 147 Å². The lowest BCUT2D eigenvalue weighted by Crippen LogP contribution is -2.30. The van der Waals surface area contributed by atoms with Crippen molar-refractivity contribution in [1.82, 2.24) is 0 Å². The lowest BCUT2D eigenvalue weighted by atomic mass is 10.3. The first-order valence-corrected chi connectivity index (χ1v) is 10.3. The minimum absolute atomic E-state index is 0.113. The van der Waals surface area contributed by atoms with Crippen molar-refractivity contribution >= 4 is 39.1 Å². The van der Waals surface area contributed by atoms with Gasteiger partial charge in [0.2, 0.25) is 5.91 Å². The number of rotatable bonds is 7. The molecule has 0 heterocycles. The van der Waals surface area contributed by atoms with E-state index < -0.39 is 10.0 Å². The van der Waals surface area contributed by atoms with Crippen LogP contribution in [0.1, 0.15) is 6.92 Å². The minimum Gasteiger partial charge on any atom is -0.325 e. The maximum absolute atomic E-state index is 12.8. The number of anilines is 2. The lowest BCUT2D eigenvalue weighted by molar-refractivity contribution is -0.113. The zero-order valence-corrected chi connectivity index (χ0v) is 15.2.